The SMILES string of the molecule is Cc1ccc(CC(=O)O[C@H](C)c2nc3ccccc3c(=O)[nH]2)cc1. The molecular weight excluding hydrogens is 304 g/mol. The molecule has 0 aliphatic heterocycles. The molecule has 0 aliphatic rings. The van der Waals surface area contributed by atoms with E-state index in [4.69, 9.17) is 4.74 Å². The van der Waals surface area contributed by atoms with Gasteiger partial charge >= 0.3 is 5.97 Å². The summed E-state index contributed by atoms with van der Waals surface area (Å²) in [6.07, 6.45) is -0.442. The van der Waals surface area contributed by atoms with Crippen LogP contribution in [0.1, 0.15) is 30.0 Å². The first-order valence-electron chi connectivity index (χ1n) is 7.77. The first kappa shape index (κ1) is 15.9. The first-order valence-corrected chi connectivity index (χ1v) is 7.77. The second-order valence-corrected chi connectivity index (χ2v) is 5.76. The lowest BCUT2D eigenvalue weighted by molar-refractivity contribution is -0.148. The second kappa shape index (κ2) is 6.66. The Bertz CT molecular complexity index is 929. The number of fused-ring (bicyclic) bond motifs is 1. The van der Waals surface area contributed by atoms with Crippen molar-refractivity contribution in [2.45, 2.75) is 26.4 Å². The third kappa shape index (κ3) is 3.51. The summed E-state index contributed by atoms with van der Waals surface area (Å²) < 4.78 is 5.40. The number of aromatic amines is 1. The van der Waals surface area contributed by atoms with Crippen molar-refractivity contribution >= 4 is 16.9 Å². The van der Waals surface area contributed by atoms with Crippen LogP contribution in [0.4, 0.5) is 0 Å². The van der Waals surface area contributed by atoms with Crippen LogP contribution in [-0.4, -0.2) is 15.9 Å². The lowest BCUT2D eigenvalue weighted by Gasteiger charge is -2.13. The Kier molecular flexibility index (Phi) is 4.42. The fourth-order valence-corrected chi connectivity index (χ4v) is 2.46. The second-order valence-electron chi connectivity index (χ2n) is 5.76. The molecule has 0 saturated carbocycles. The van der Waals surface area contributed by atoms with Crippen LogP contribution in [0.3, 0.4) is 0 Å². The maximum atomic E-state index is 12.1. The molecular formula is C19H18N2O3. The highest BCUT2D eigenvalue weighted by atomic mass is 16.5. The Labute approximate surface area is 139 Å². The molecule has 0 bridgehead atoms. The predicted molar refractivity (Wildman–Crippen MR) is 91.8 cm³/mol. The zero-order chi connectivity index (χ0) is 17.1. The highest BCUT2D eigenvalue weighted by Gasteiger charge is 2.15. The van der Waals surface area contributed by atoms with Gasteiger partial charge in [0, 0.05) is 0 Å². The number of benzene rings is 2. The molecule has 5 heteroatoms. The number of ether oxygens (including phenoxy) is 1. The van der Waals surface area contributed by atoms with E-state index >= 15 is 0 Å². The summed E-state index contributed by atoms with van der Waals surface area (Å²) in [5.74, 6) is -0.0156. The van der Waals surface area contributed by atoms with E-state index in [0.717, 1.165) is 11.1 Å². The lowest BCUT2D eigenvalue weighted by Crippen LogP contribution is -2.18. The maximum Gasteiger partial charge on any atom is 0.310 e. The van der Waals surface area contributed by atoms with Crippen LogP contribution in [0.25, 0.3) is 10.9 Å². The zero-order valence-electron chi connectivity index (χ0n) is 13.6. The van der Waals surface area contributed by atoms with Gasteiger partial charge in [-0.05, 0) is 31.5 Å². The van der Waals surface area contributed by atoms with Gasteiger partial charge in [-0.15, -0.1) is 0 Å². The van der Waals surface area contributed by atoms with E-state index in [1.54, 1.807) is 25.1 Å². The number of hydrogen-bond donors (Lipinski definition) is 1. The van der Waals surface area contributed by atoms with Crippen molar-refractivity contribution in [2.75, 3.05) is 0 Å². The molecule has 1 heterocycles. The molecule has 0 aliphatic carbocycles. The van der Waals surface area contributed by atoms with E-state index in [2.05, 4.69) is 9.97 Å². The van der Waals surface area contributed by atoms with E-state index in [0.29, 0.717) is 16.7 Å². The largest absolute Gasteiger partial charge is 0.454 e. The Morgan fingerprint density at radius 1 is 1.17 bits per heavy atom. The van der Waals surface area contributed by atoms with Gasteiger partial charge in [0.05, 0.1) is 17.3 Å². The monoisotopic (exact) mass is 322 g/mol. The van der Waals surface area contributed by atoms with Gasteiger partial charge in [-0.3, -0.25) is 9.59 Å². The molecule has 2 aromatic carbocycles. The van der Waals surface area contributed by atoms with Gasteiger partial charge in [-0.2, -0.15) is 0 Å². The van der Waals surface area contributed by atoms with Crippen molar-refractivity contribution < 1.29 is 9.53 Å². The summed E-state index contributed by atoms with van der Waals surface area (Å²) in [6.45, 7) is 3.69. The van der Waals surface area contributed by atoms with Crippen LogP contribution in [0.5, 0.6) is 0 Å². The molecule has 3 aromatic rings. The predicted octanol–water partition coefficient (Wildman–Crippen LogP) is 3.08. The summed E-state index contributed by atoms with van der Waals surface area (Å²) in [6, 6.07) is 14.8. The standard InChI is InChI=1S/C19H18N2O3/c1-12-7-9-14(10-8-12)11-17(22)24-13(2)18-20-16-6-4-3-5-15(16)19(23)21-18/h3-10,13H,11H2,1-2H3,(H,20,21,23)/t13-/m1/s1. The fourth-order valence-electron chi connectivity index (χ4n) is 2.46. The van der Waals surface area contributed by atoms with Crippen molar-refractivity contribution in [3.63, 3.8) is 0 Å². The van der Waals surface area contributed by atoms with Gasteiger partial charge in [-0.1, -0.05) is 42.0 Å². The van der Waals surface area contributed by atoms with Gasteiger partial charge in [0.1, 0.15) is 0 Å². The zero-order valence-corrected chi connectivity index (χ0v) is 13.6. The Balaban J connectivity index is 1.74. The molecule has 122 valence electrons. The van der Waals surface area contributed by atoms with Gasteiger partial charge < -0.3 is 9.72 Å². The maximum absolute atomic E-state index is 12.1. The van der Waals surface area contributed by atoms with E-state index in [1.165, 1.54) is 0 Å². The topological polar surface area (TPSA) is 72.0 Å². The number of carbonyl (C=O) groups is 1. The normalized spacial score (nSPS) is 12.1. The number of para-hydroxylation sites is 1. The summed E-state index contributed by atoms with van der Waals surface area (Å²) >= 11 is 0. The van der Waals surface area contributed by atoms with Gasteiger partial charge in [0.2, 0.25) is 0 Å². The molecule has 5 nitrogen and oxygen atoms in total. The van der Waals surface area contributed by atoms with E-state index in [1.807, 2.05) is 37.3 Å². The molecule has 24 heavy (non-hydrogen) atoms. The average Bonchev–Trinajstić information content (AvgIpc) is 2.57. The van der Waals surface area contributed by atoms with Crippen LogP contribution >= 0.6 is 0 Å². The summed E-state index contributed by atoms with van der Waals surface area (Å²) in [7, 11) is 0. The number of rotatable bonds is 4. The van der Waals surface area contributed by atoms with Crippen LogP contribution in [0, 0.1) is 6.92 Å². The highest BCUT2D eigenvalue weighted by molar-refractivity contribution is 5.77. The van der Waals surface area contributed by atoms with Crippen LogP contribution in [0.15, 0.2) is 53.3 Å². The van der Waals surface area contributed by atoms with Crippen molar-refractivity contribution in [3.8, 4) is 0 Å². The average molecular weight is 322 g/mol. The fraction of sp³-hybridized carbons (Fsp3) is 0.211. The van der Waals surface area contributed by atoms with Crippen molar-refractivity contribution in [1.82, 2.24) is 9.97 Å². The molecule has 0 unspecified atom stereocenters. The Hall–Kier alpha value is -2.95. The molecule has 1 N–H and O–H groups in total. The number of aryl methyl sites for hydroxylation is 1. The third-order valence-electron chi connectivity index (χ3n) is 3.79. The number of nitrogens with zero attached hydrogens (tertiary/aromatic N) is 1. The van der Waals surface area contributed by atoms with Crippen LogP contribution in [-0.2, 0) is 16.0 Å². The van der Waals surface area contributed by atoms with E-state index in [-0.39, 0.29) is 17.9 Å². The van der Waals surface area contributed by atoms with Gasteiger partial charge in [0.25, 0.3) is 5.56 Å². The summed E-state index contributed by atoms with van der Waals surface area (Å²) in [5.41, 5.74) is 2.37. The Morgan fingerprint density at radius 3 is 2.62 bits per heavy atom. The molecule has 0 fully saturated rings. The van der Waals surface area contributed by atoms with Gasteiger partial charge in [-0.25, -0.2) is 4.98 Å². The molecule has 3 rings (SSSR count). The minimum Gasteiger partial charge on any atom is -0.454 e. The van der Waals surface area contributed by atoms with E-state index < -0.39 is 6.10 Å². The van der Waals surface area contributed by atoms with Gasteiger partial charge in [0.15, 0.2) is 11.9 Å². The molecule has 1 aromatic heterocycles. The minimum atomic E-state index is -0.625. The van der Waals surface area contributed by atoms with Crippen molar-refractivity contribution in [3.05, 3.63) is 75.8 Å². The minimum absolute atomic E-state index is 0.183. The van der Waals surface area contributed by atoms with Crippen molar-refractivity contribution in [1.29, 1.82) is 0 Å². The number of esters is 1. The number of hydrogen-bond acceptors (Lipinski definition) is 4. The number of nitrogens with one attached hydrogen (secondary N) is 1. The number of H-pyrrole nitrogens is 1. The summed E-state index contributed by atoms with van der Waals surface area (Å²) in [5, 5.41) is 0.513. The molecule has 0 saturated heterocycles. The smallest absolute Gasteiger partial charge is 0.310 e. The molecule has 1 atom stereocenters. The Morgan fingerprint density at radius 2 is 1.88 bits per heavy atom. The molecule has 0 radical (unpaired) electrons. The van der Waals surface area contributed by atoms with Crippen LogP contribution < -0.4 is 5.56 Å². The first-order chi connectivity index (χ1) is 11.5. The number of aromatic nitrogens is 2. The molecule has 0 amide bonds. The van der Waals surface area contributed by atoms with Crippen LogP contribution in [0.2, 0.25) is 0 Å². The highest BCUT2D eigenvalue weighted by Crippen LogP contribution is 2.15. The summed E-state index contributed by atoms with van der Waals surface area (Å²) in [4.78, 5) is 31.2. The quantitative estimate of drug-likeness (QED) is 0.749. The van der Waals surface area contributed by atoms with Crippen molar-refractivity contribution in [2.24, 2.45) is 0 Å². The molecule has 0 spiro atoms. The van der Waals surface area contributed by atoms with E-state index in [9.17, 15) is 9.59 Å². The number of carbonyl (C=O) groups excluding carboxylic acids is 1. The third-order valence-corrected chi connectivity index (χ3v) is 3.79. The lowest BCUT2D eigenvalue weighted by atomic mass is 10.1.